The fraction of sp³-hybridized carbons (Fsp3) is 0.400. The summed E-state index contributed by atoms with van der Waals surface area (Å²) in [7, 11) is 0. The summed E-state index contributed by atoms with van der Waals surface area (Å²) in [6.45, 7) is 0.404. The second kappa shape index (κ2) is 5.17. The summed E-state index contributed by atoms with van der Waals surface area (Å²) in [5.74, 6) is 1.00. The number of hydrogen-bond donors (Lipinski definition) is 2. The Bertz CT molecular complexity index is 555. The lowest BCUT2D eigenvalue weighted by Crippen LogP contribution is -2.42. The molecule has 0 fully saturated rings. The molecular formula is C15H17NO4. The molecule has 0 bridgehead atoms. The van der Waals surface area contributed by atoms with Gasteiger partial charge >= 0.3 is 0 Å². The molecule has 5 nitrogen and oxygen atoms in total. The summed E-state index contributed by atoms with van der Waals surface area (Å²) in [5.41, 5.74) is -0.429. The number of aliphatic hydroxyl groups is 1. The lowest BCUT2D eigenvalue weighted by atomic mass is 9.91. The second-order valence-corrected chi connectivity index (χ2v) is 5.15. The van der Waals surface area contributed by atoms with Crippen LogP contribution in [0.2, 0.25) is 0 Å². The largest absolute Gasteiger partial charge is 0.454 e. The molecule has 1 aliphatic heterocycles. The van der Waals surface area contributed by atoms with Gasteiger partial charge in [0.25, 0.3) is 5.91 Å². The number of carbonyl (C=O) groups is 1. The summed E-state index contributed by atoms with van der Waals surface area (Å²) in [4.78, 5) is 12.1. The van der Waals surface area contributed by atoms with Crippen molar-refractivity contribution in [1.82, 2.24) is 5.32 Å². The van der Waals surface area contributed by atoms with E-state index in [1.54, 1.807) is 24.3 Å². The van der Waals surface area contributed by atoms with Crippen LogP contribution in [0.5, 0.6) is 11.5 Å². The molecule has 1 amide bonds. The van der Waals surface area contributed by atoms with E-state index in [0.717, 1.165) is 12.8 Å². The maximum atomic E-state index is 12.1. The van der Waals surface area contributed by atoms with Gasteiger partial charge in [-0.1, -0.05) is 12.2 Å². The van der Waals surface area contributed by atoms with E-state index in [2.05, 4.69) is 5.32 Å². The van der Waals surface area contributed by atoms with Crippen molar-refractivity contribution < 1.29 is 19.4 Å². The minimum Gasteiger partial charge on any atom is -0.454 e. The number of nitrogens with one attached hydrogen (secondary N) is 1. The minimum absolute atomic E-state index is 0.185. The predicted octanol–water partition coefficient (Wildman–Crippen LogP) is 1.62. The number of benzene rings is 1. The highest BCUT2D eigenvalue weighted by atomic mass is 16.7. The number of allylic oxidation sites excluding steroid dienone is 1. The molecule has 0 spiro atoms. The van der Waals surface area contributed by atoms with Crippen LogP contribution in [-0.2, 0) is 0 Å². The molecule has 0 saturated carbocycles. The molecule has 1 unspecified atom stereocenters. The van der Waals surface area contributed by atoms with E-state index >= 15 is 0 Å². The number of hydrogen-bond acceptors (Lipinski definition) is 4. The van der Waals surface area contributed by atoms with Crippen LogP contribution in [0.25, 0.3) is 0 Å². The predicted molar refractivity (Wildman–Crippen MR) is 72.8 cm³/mol. The lowest BCUT2D eigenvalue weighted by Gasteiger charge is -2.27. The maximum absolute atomic E-state index is 12.1. The molecular weight excluding hydrogens is 258 g/mol. The van der Waals surface area contributed by atoms with E-state index in [1.807, 2.05) is 6.08 Å². The summed E-state index contributed by atoms with van der Waals surface area (Å²) < 4.78 is 10.4. The third-order valence-corrected chi connectivity index (χ3v) is 3.60. The van der Waals surface area contributed by atoms with E-state index in [9.17, 15) is 9.90 Å². The fourth-order valence-electron chi connectivity index (χ4n) is 2.43. The van der Waals surface area contributed by atoms with E-state index in [-0.39, 0.29) is 19.2 Å². The zero-order valence-corrected chi connectivity index (χ0v) is 11.1. The standard InChI is InChI=1S/C15H17NO4/c17-14(16-9-15(18)6-2-1-3-7-15)11-4-5-12-13(8-11)20-10-19-12/h2,4-6,8,18H,1,3,7,9-10H2,(H,16,17). The van der Waals surface area contributed by atoms with Crippen molar-refractivity contribution in [3.05, 3.63) is 35.9 Å². The van der Waals surface area contributed by atoms with Crippen molar-refractivity contribution in [2.45, 2.75) is 24.9 Å². The number of fused-ring (bicyclic) bond motifs is 1. The molecule has 106 valence electrons. The van der Waals surface area contributed by atoms with Gasteiger partial charge in [-0.3, -0.25) is 4.79 Å². The molecule has 1 atom stereocenters. The van der Waals surface area contributed by atoms with Crippen LogP contribution in [0.1, 0.15) is 29.6 Å². The van der Waals surface area contributed by atoms with Gasteiger partial charge in [-0.15, -0.1) is 0 Å². The van der Waals surface area contributed by atoms with Gasteiger partial charge in [-0.25, -0.2) is 0 Å². The third kappa shape index (κ3) is 2.63. The van der Waals surface area contributed by atoms with Gasteiger partial charge in [-0.05, 0) is 37.5 Å². The van der Waals surface area contributed by atoms with Gasteiger partial charge in [0.05, 0.1) is 12.1 Å². The summed E-state index contributed by atoms with van der Waals surface area (Å²) in [6.07, 6.45) is 6.32. The number of ether oxygens (including phenoxy) is 2. The van der Waals surface area contributed by atoms with Crippen LogP contribution in [-0.4, -0.2) is 30.0 Å². The molecule has 1 heterocycles. The Hall–Kier alpha value is -2.01. The lowest BCUT2D eigenvalue weighted by molar-refractivity contribution is 0.0660. The molecule has 2 aliphatic rings. The van der Waals surface area contributed by atoms with Gasteiger partial charge in [-0.2, -0.15) is 0 Å². The molecule has 5 heteroatoms. The Morgan fingerprint density at radius 1 is 1.35 bits per heavy atom. The fourth-order valence-corrected chi connectivity index (χ4v) is 2.43. The summed E-state index contributed by atoms with van der Waals surface area (Å²) in [6, 6.07) is 5.05. The molecule has 20 heavy (non-hydrogen) atoms. The van der Waals surface area contributed by atoms with Crippen LogP contribution in [0, 0.1) is 0 Å². The molecule has 1 aliphatic carbocycles. The zero-order valence-electron chi connectivity index (χ0n) is 11.1. The van der Waals surface area contributed by atoms with Crippen molar-refractivity contribution in [2.24, 2.45) is 0 Å². The van der Waals surface area contributed by atoms with Crippen LogP contribution < -0.4 is 14.8 Å². The van der Waals surface area contributed by atoms with E-state index in [4.69, 9.17) is 9.47 Å². The first-order valence-electron chi connectivity index (χ1n) is 6.74. The van der Waals surface area contributed by atoms with Gasteiger partial charge in [0, 0.05) is 5.56 Å². The quantitative estimate of drug-likeness (QED) is 0.823. The Morgan fingerprint density at radius 2 is 2.20 bits per heavy atom. The highest BCUT2D eigenvalue weighted by molar-refractivity contribution is 5.95. The van der Waals surface area contributed by atoms with Gasteiger partial charge in [0.1, 0.15) is 0 Å². The van der Waals surface area contributed by atoms with Crippen molar-refractivity contribution in [3.63, 3.8) is 0 Å². The number of amides is 1. The average Bonchev–Trinajstić information content (AvgIpc) is 2.93. The minimum atomic E-state index is -0.926. The molecule has 0 radical (unpaired) electrons. The Labute approximate surface area is 117 Å². The van der Waals surface area contributed by atoms with Gasteiger partial charge in [0.15, 0.2) is 11.5 Å². The molecule has 1 aromatic rings. The van der Waals surface area contributed by atoms with E-state index in [0.29, 0.717) is 23.5 Å². The topological polar surface area (TPSA) is 67.8 Å². The Kier molecular flexibility index (Phi) is 3.36. The number of carbonyl (C=O) groups excluding carboxylic acids is 1. The molecule has 1 aromatic carbocycles. The van der Waals surface area contributed by atoms with Crippen molar-refractivity contribution in [1.29, 1.82) is 0 Å². The van der Waals surface area contributed by atoms with Crippen LogP contribution in [0.3, 0.4) is 0 Å². The van der Waals surface area contributed by atoms with E-state index < -0.39 is 5.60 Å². The van der Waals surface area contributed by atoms with Crippen LogP contribution >= 0.6 is 0 Å². The Balaban J connectivity index is 1.64. The van der Waals surface area contributed by atoms with Crippen molar-refractivity contribution >= 4 is 5.91 Å². The zero-order chi connectivity index (χ0) is 14.0. The highest BCUT2D eigenvalue weighted by Gasteiger charge is 2.26. The maximum Gasteiger partial charge on any atom is 0.251 e. The third-order valence-electron chi connectivity index (χ3n) is 3.60. The SMILES string of the molecule is O=C(NCC1(O)C=CCCC1)c1ccc2c(c1)OCO2. The normalized spacial score (nSPS) is 23.6. The van der Waals surface area contributed by atoms with Gasteiger partial charge < -0.3 is 19.9 Å². The first-order valence-corrected chi connectivity index (χ1v) is 6.74. The van der Waals surface area contributed by atoms with Gasteiger partial charge in [0.2, 0.25) is 6.79 Å². The van der Waals surface area contributed by atoms with E-state index in [1.165, 1.54) is 0 Å². The smallest absolute Gasteiger partial charge is 0.251 e. The van der Waals surface area contributed by atoms with Crippen molar-refractivity contribution in [3.8, 4) is 11.5 Å². The molecule has 0 saturated heterocycles. The highest BCUT2D eigenvalue weighted by Crippen LogP contribution is 2.32. The molecule has 3 rings (SSSR count). The molecule has 0 aromatic heterocycles. The van der Waals surface area contributed by atoms with Crippen LogP contribution in [0.4, 0.5) is 0 Å². The first kappa shape index (κ1) is 13.0. The monoisotopic (exact) mass is 275 g/mol. The summed E-state index contributed by atoms with van der Waals surface area (Å²) >= 11 is 0. The summed E-state index contributed by atoms with van der Waals surface area (Å²) in [5, 5.41) is 13.0. The average molecular weight is 275 g/mol. The second-order valence-electron chi connectivity index (χ2n) is 5.15. The van der Waals surface area contributed by atoms with Crippen molar-refractivity contribution in [2.75, 3.05) is 13.3 Å². The van der Waals surface area contributed by atoms with Crippen LogP contribution in [0.15, 0.2) is 30.4 Å². The number of rotatable bonds is 3. The Morgan fingerprint density at radius 3 is 3.00 bits per heavy atom. The molecule has 2 N–H and O–H groups in total. The first-order chi connectivity index (χ1) is 9.66.